The summed E-state index contributed by atoms with van der Waals surface area (Å²) in [5.41, 5.74) is 2.52. The molecule has 0 amide bonds. The Balaban J connectivity index is 1.27. The van der Waals surface area contributed by atoms with Crippen molar-refractivity contribution in [3.8, 4) is 5.75 Å². The minimum atomic E-state index is -0.368. The Kier molecular flexibility index (Phi) is 4.77. The number of benzene rings is 1. The first kappa shape index (κ1) is 16.3. The molecule has 2 fully saturated rings. The third-order valence-corrected chi connectivity index (χ3v) is 6.06. The van der Waals surface area contributed by atoms with Crippen molar-refractivity contribution in [2.75, 3.05) is 39.3 Å². The van der Waals surface area contributed by atoms with Crippen molar-refractivity contribution < 1.29 is 10.2 Å². The summed E-state index contributed by atoms with van der Waals surface area (Å²) in [6.45, 7) is 6.70. The van der Waals surface area contributed by atoms with Gasteiger partial charge >= 0.3 is 0 Å². The summed E-state index contributed by atoms with van der Waals surface area (Å²) in [6, 6.07) is 6.47. The number of rotatable bonds is 4. The largest absolute Gasteiger partial charge is 0.508 e. The third-order valence-electron chi connectivity index (χ3n) is 6.06. The Morgan fingerprint density at radius 1 is 1.04 bits per heavy atom. The zero-order chi connectivity index (χ0) is 16.5. The summed E-state index contributed by atoms with van der Waals surface area (Å²) < 4.78 is 0. The number of hydrogen-bond donors (Lipinski definition) is 2. The van der Waals surface area contributed by atoms with Gasteiger partial charge in [-0.3, -0.25) is 14.7 Å². The van der Waals surface area contributed by atoms with E-state index in [1.165, 1.54) is 30.4 Å². The number of piperazine rings is 1. The van der Waals surface area contributed by atoms with Crippen LogP contribution in [0.5, 0.6) is 5.75 Å². The summed E-state index contributed by atoms with van der Waals surface area (Å²) in [6.07, 6.45) is 4.71. The molecule has 132 valence electrons. The molecule has 1 unspecified atom stereocenters. The molecule has 1 aliphatic carbocycles. The Labute approximate surface area is 144 Å². The van der Waals surface area contributed by atoms with Crippen molar-refractivity contribution in [2.24, 2.45) is 0 Å². The van der Waals surface area contributed by atoms with Crippen LogP contribution in [-0.2, 0) is 13.0 Å². The lowest BCUT2D eigenvalue weighted by atomic mass is 9.91. The summed E-state index contributed by atoms with van der Waals surface area (Å²) in [7, 11) is 0. The molecule has 2 aliphatic heterocycles. The number of nitrogens with zero attached hydrogens (tertiary/aromatic N) is 3. The second-order valence-electron chi connectivity index (χ2n) is 7.58. The Morgan fingerprint density at radius 3 is 2.54 bits per heavy atom. The number of hydrogen-bond acceptors (Lipinski definition) is 5. The number of phenolic OH excluding ortho intramolecular Hbond substituents is 1. The van der Waals surface area contributed by atoms with Crippen LogP contribution in [0.2, 0.25) is 0 Å². The molecular formula is C19H29N3O2. The fourth-order valence-corrected chi connectivity index (χ4v) is 4.25. The highest BCUT2D eigenvalue weighted by atomic mass is 16.3. The van der Waals surface area contributed by atoms with Crippen LogP contribution in [0.4, 0.5) is 0 Å². The van der Waals surface area contributed by atoms with Crippen molar-refractivity contribution in [3.63, 3.8) is 0 Å². The van der Waals surface area contributed by atoms with E-state index in [9.17, 15) is 10.2 Å². The highest BCUT2D eigenvalue weighted by molar-refractivity contribution is 5.36. The fourth-order valence-electron chi connectivity index (χ4n) is 4.25. The van der Waals surface area contributed by atoms with Crippen LogP contribution in [0.15, 0.2) is 18.2 Å². The van der Waals surface area contributed by atoms with Crippen LogP contribution in [-0.4, -0.2) is 76.5 Å². The van der Waals surface area contributed by atoms with Gasteiger partial charge in [0.1, 0.15) is 12.0 Å². The van der Waals surface area contributed by atoms with E-state index in [1.54, 1.807) is 6.07 Å². The van der Waals surface area contributed by atoms with E-state index in [-0.39, 0.29) is 6.23 Å². The smallest absolute Gasteiger partial charge is 0.120 e. The minimum Gasteiger partial charge on any atom is -0.508 e. The molecule has 5 heteroatoms. The predicted molar refractivity (Wildman–Crippen MR) is 93.9 cm³/mol. The minimum absolute atomic E-state index is 0.353. The van der Waals surface area contributed by atoms with Gasteiger partial charge in [-0.05, 0) is 42.5 Å². The lowest BCUT2D eigenvalue weighted by Gasteiger charge is -2.44. The van der Waals surface area contributed by atoms with Crippen molar-refractivity contribution in [3.05, 3.63) is 29.3 Å². The summed E-state index contributed by atoms with van der Waals surface area (Å²) in [5, 5.41) is 20.2. The third kappa shape index (κ3) is 3.45. The van der Waals surface area contributed by atoms with Crippen molar-refractivity contribution >= 4 is 0 Å². The second-order valence-corrected chi connectivity index (χ2v) is 7.58. The lowest BCUT2D eigenvalue weighted by Crippen LogP contribution is -2.56. The number of fused-ring (bicyclic) bond motifs is 1. The monoisotopic (exact) mass is 331 g/mol. The number of phenols is 1. The van der Waals surface area contributed by atoms with Gasteiger partial charge in [0.25, 0.3) is 0 Å². The molecule has 0 bridgehead atoms. The maximum Gasteiger partial charge on any atom is 0.120 e. The molecule has 1 saturated heterocycles. The molecule has 0 aromatic heterocycles. The zero-order valence-electron chi connectivity index (χ0n) is 14.4. The maximum absolute atomic E-state index is 10.6. The molecule has 1 atom stereocenters. The van der Waals surface area contributed by atoms with Crippen molar-refractivity contribution in [1.29, 1.82) is 0 Å². The highest BCUT2D eigenvalue weighted by Gasteiger charge is 2.30. The van der Waals surface area contributed by atoms with Gasteiger partial charge in [0.2, 0.25) is 0 Å². The van der Waals surface area contributed by atoms with Crippen molar-refractivity contribution in [2.45, 2.75) is 44.5 Å². The highest BCUT2D eigenvalue weighted by Crippen LogP contribution is 2.26. The second kappa shape index (κ2) is 7.00. The van der Waals surface area contributed by atoms with Crippen molar-refractivity contribution in [1.82, 2.24) is 14.7 Å². The zero-order valence-corrected chi connectivity index (χ0v) is 14.4. The summed E-state index contributed by atoms with van der Waals surface area (Å²) in [5.74, 6) is 0.353. The van der Waals surface area contributed by atoms with Crippen LogP contribution in [0.1, 0.15) is 30.4 Å². The number of aliphatic hydroxyl groups is 1. The topological polar surface area (TPSA) is 50.2 Å². The van der Waals surface area contributed by atoms with Crippen LogP contribution >= 0.6 is 0 Å². The average molecular weight is 331 g/mol. The molecule has 2 N–H and O–H groups in total. The molecule has 1 saturated carbocycles. The SMILES string of the molecule is Oc1ccc2c(c1)CCN(CC(O)N1CCN(C3CCC3)CC1)C2. The van der Waals surface area contributed by atoms with E-state index in [0.29, 0.717) is 12.3 Å². The first-order chi connectivity index (χ1) is 11.7. The summed E-state index contributed by atoms with van der Waals surface area (Å²) >= 11 is 0. The molecule has 1 aromatic rings. The molecule has 0 radical (unpaired) electrons. The van der Waals surface area contributed by atoms with Crippen LogP contribution < -0.4 is 0 Å². The van der Waals surface area contributed by atoms with E-state index in [2.05, 4.69) is 14.7 Å². The van der Waals surface area contributed by atoms with E-state index < -0.39 is 0 Å². The Hall–Kier alpha value is -1.14. The molecule has 5 nitrogen and oxygen atoms in total. The van der Waals surface area contributed by atoms with Gasteiger partial charge < -0.3 is 10.2 Å². The number of aromatic hydroxyl groups is 1. The van der Waals surface area contributed by atoms with Gasteiger partial charge in [0.05, 0.1) is 0 Å². The van der Waals surface area contributed by atoms with E-state index in [4.69, 9.17) is 0 Å². The first-order valence-electron chi connectivity index (χ1n) is 9.38. The van der Waals surface area contributed by atoms with Gasteiger partial charge in [0, 0.05) is 51.9 Å². The number of β-amino-alcohol motifs (C(OH)–C–C–N with tert-alkyl or cyclic N) is 1. The number of aliphatic hydroxyl groups excluding tert-OH is 1. The quantitative estimate of drug-likeness (QED) is 0.869. The molecule has 24 heavy (non-hydrogen) atoms. The van der Waals surface area contributed by atoms with E-state index >= 15 is 0 Å². The molecule has 1 aromatic carbocycles. The molecule has 4 rings (SSSR count). The van der Waals surface area contributed by atoms with Crippen LogP contribution in [0, 0.1) is 0 Å². The van der Waals surface area contributed by atoms with E-state index in [1.807, 2.05) is 12.1 Å². The molecule has 2 heterocycles. The fraction of sp³-hybridized carbons (Fsp3) is 0.684. The lowest BCUT2D eigenvalue weighted by molar-refractivity contribution is -0.0560. The van der Waals surface area contributed by atoms with Gasteiger partial charge in [-0.25, -0.2) is 0 Å². The van der Waals surface area contributed by atoms with Gasteiger partial charge in [-0.1, -0.05) is 12.5 Å². The Bertz CT molecular complexity index is 568. The van der Waals surface area contributed by atoms with Crippen LogP contribution in [0.3, 0.4) is 0 Å². The first-order valence-corrected chi connectivity index (χ1v) is 9.38. The van der Waals surface area contributed by atoms with Gasteiger partial charge in [-0.15, -0.1) is 0 Å². The van der Waals surface area contributed by atoms with Crippen LogP contribution in [0.25, 0.3) is 0 Å². The van der Waals surface area contributed by atoms with Gasteiger partial charge in [0.15, 0.2) is 0 Å². The van der Waals surface area contributed by atoms with Gasteiger partial charge in [-0.2, -0.15) is 0 Å². The molecule has 0 spiro atoms. The summed E-state index contributed by atoms with van der Waals surface area (Å²) in [4.78, 5) is 7.18. The molecule has 3 aliphatic rings. The predicted octanol–water partition coefficient (Wildman–Crippen LogP) is 1.24. The average Bonchev–Trinajstić information content (AvgIpc) is 2.54. The molecular weight excluding hydrogens is 302 g/mol. The van der Waals surface area contributed by atoms with E-state index in [0.717, 1.165) is 51.7 Å². The Morgan fingerprint density at radius 2 is 1.83 bits per heavy atom. The standard InChI is InChI=1S/C19H29N3O2/c23-18-5-4-16-13-20(7-6-15(16)12-18)14-19(24)22-10-8-21(9-11-22)17-2-1-3-17/h4-5,12,17,19,23-24H,1-3,6-11,13-14H2. The maximum atomic E-state index is 10.6. The normalized spacial score (nSPS) is 25.2.